The normalized spacial score (nSPS) is 12.6. The number of carbonyl (C=O) groups is 2. The summed E-state index contributed by atoms with van der Waals surface area (Å²) in [7, 11) is 1.37. The van der Waals surface area contributed by atoms with Crippen LogP contribution < -0.4 is 0 Å². The minimum atomic E-state index is -0.263. The topological polar surface area (TPSA) is 43.4 Å². The van der Waals surface area contributed by atoms with Gasteiger partial charge < -0.3 is 9.53 Å². The molecule has 0 rings (SSSR count). The Hall–Kier alpha value is -0.860. The van der Waals surface area contributed by atoms with E-state index in [0.717, 1.165) is 12.8 Å². The SMILES string of the molecule is COC(=O)C(CCC(C)C)CC(C)=O. The van der Waals surface area contributed by atoms with Gasteiger partial charge in [0.1, 0.15) is 5.78 Å². The number of ether oxygens (including phenoxy) is 1. The highest BCUT2D eigenvalue weighted by Crippen LogP contribution is 2.17. The minimum Gasteiger partial charge on any atom is -0.469 e. The number of hydrogen-bond donors (Lipinski definition) is 0. The van der Waals surface area contributed by atoms with Crippen molar-refractivity contribution in [3.05, 3.63) is 0 Å². The van der Waals surface area contributed by atoms with Crippen molar-refractivity contribution in [1.29, 1.82) is 0 Å². The van der Waals surface area contributed by atoms with Crippen LogP contribution in [0.5, 0.6) is 0 Å². The molecule has 1 atom stereocenters. The van der Waals surface area contributed by atoms with E-state index in [-0.39, 0.29) is 17.7 Å². The molecule has 0 saturated heterocycles. The molecule has 82 valence electrons. The fourth-order valence-corrected chi connectivity index (χ4v) is 1.35. The second kappa shape index (κ2) is 6.57. The van der Waals surface area contributed by atoms with Crippen molar-refractivity contribution in [1.82, 2.24) is 0 Å². The van der Waals surface area contributed by atoms with E-state index < -0.39 is 0 Å². The van der Waals surface area contributed by atoms with Gasteiger partial charge in [0.2, 0.25) is 0 Å². The molecule has 0 bridgehead atoms. The van der Waals surface area contributed by atoms with E-state index in [9.17, 15) is 9.59 Å². The molecule has 0 aliphatic rings. The van der Waals surface area contributed by atoms with Gasteiger partial charge in [-0.25, -0.2) is 0 Å². The van der Waals surface area contributed by atoms with Crippen LogP contribution in [0.15, 0.2) is 0 Å². The van der Waals surface area contributed by atoms with Gasteiger partial charge in [-0.15, -0.1) is 0 Å². The molecule has 3 nitrogen and oxygen atoms in total. The number of ketones is 1. The molecule has 0 aliphatic carbocycles. The molecule has 0 N–H and O–H groups in total. The number of rotatable bonds is 6. The highest BCUT2D eigenvalue weighted by molar-refractivity contribution is 5.82. The predicted molar refractivity (Wildman–Crippen MR) is 54.9 cm³/mol. The Balaban J connectivity index is 4.10. The molecule has 0 saturated carbocycles. The van der Waals surface area contributed by atoms with E-state index in [2.05, 4.69) is 18.6 Å². The third-order valence-corrected chi connectivity index (χ3v) is 2.16. The van der Waals surface area contributed by atoms with Gasteiger partial charge in [0, 0.05) is 6.42 Å². The number of esters is 1. The van der Waals surface area contributed by atoms with Crippen LogP contribution in [0.1, 0.15) is 40.0 Å². The molecule has 0 aromatic heterocycles. The molecule has 0 fully saturated rings. The predicted octanol–water partition coefficient (Wildman–Crippen LogP) is 2.19. The van der Waals surface area contributed by atoms with Crippen molar-refractivity contribution in [2.24, 2.45) is 11.8 Å². The summed E-state index contributed by atoms with van der Waals surface area (Å²) in [5.41, 5.74) is 0. The Morgan fingerprint density at radius 1 is 1.21 bits per heavy atom. The van der Waals surface area contributed by atoms with E-state index in [1.165, 1.54) is 14.0 Å². The van der Waals surface area contributed by atoms with E-state index in [1.807, 2.05) is 0 Å². The molecule has 0 aliphatic heterocycles. The first-order valence-electron chi connectivity index (χ1n) is 5.04. The summed E-state index contributed by atoms with van der Waals surface area (Å²) in [6.07, 6.45) is 2.00. The summed E-state index contributed by atoms with van der Waals surface area (Å²) in [4.78, 5) is 22.2. The maximum Gasteiger partial charge on any atom is 0.309 e. The fraction of sp³-hybridized carbons (Fsp3) is 0.818. The van der Waals surface area contributed by atoms with Gasteiger partial charge in [-0.05, 0) is 19.3 Å². The maximum atomic E-state index is 11.3. The first-order valence-corrected chi connectivity index (χ1v) is 5.04. The van der Waals surface area contributed by atoms with Gasteiger partial charge in [-0.3, -0.25) is 4.79 Å². The lowest BCUT2D eigenvalue weighted by Crippen LogP contribution is -2.19. The van der Waals surface area contributed by atoms with Crippen molar-refractivity contribution in [2.75, 3.05) is 7.11 Å². The third kappa shape index (κ3) is 5.73. The van der Waals surface area contributed by atoms with Crippen LogP contribution in [0.25, 0.3) is 0 Å². The van der Waals surface area contributed by atoms with Crippen molar-refractivity contribution < 1.29 is 14.3 Å². The molecule has 0 amide bonds. The molecule has 0 aromatic carbocycles. The lowest BCUT2D eigenvalue weighted by molar-refractivity contribution is -0.147. The zero-order valence-electron chi connectivity index (χ0n) is 9.50. The van der Waals surface area contributed by atoms with Gasteiger partial charge in [0.05, 0.1) is 13.0 Å². The first kappa shape index (κ1) is 13.1. The summed E-state index contributed by atoms with van der Waals surface area (Å²) in [5, 5.41) is 0. The summed E-state index contributed by atoms with van der Waals surface area (Å²) in [6, 6.07) is 0. The minimum absolute atomic E-state index is 0.0455. The summed E-state index contributed by atoms with van der Waals surface area (Å²) in [5.74, 6) is 0.0824. The lowest BCUT2D eigenvalue weighted by Gasteiger charge is -2.13. The van der Waals surface area contributed by atoms with E-state index in [0.29, 0.717) is 12.3 Å². The van der Waals surface area contributed by atoms with Gasteiger partial charge in [0.25, 0.3) is 0 Å². The van der Waals surface area contributed by atoms with Gasteiger partial charge in [0.15, 0.2) is 0 Å². The molecular weight excluding hydrogens is 180 g/mol. The largest absolute Gasteiger partial charge is 0.469 e. The van der Waals surface area contributed by atoms with Crippen molar-refractivity contribution >= 4 is 11.8 Å². The quantitative estimate of drug-likeness (QED) is 0.617. The molecule has 0 radical (unpaired) electrons. The van der Waals surface area contributed by atoms with Crippen LogP contribution in [0.4, 0.5) is 0 Å². The Bertz CT molecular complexity index is 197. The maximum absolute atomic E-state index is 11.3. The molecular formula is C11H20O3. The zero-order valence-corrected chi connectivity index (χ0v) is 9.50. The van der Waals surface area contributed by atoms with Crippen LogP contribution in [-0.4, -0.2) is 18.9 Å². The van der Waals surface area contributed by atoms with Crippen molar-refractivity contribution in [2.45, 2.75) is 40.0 Å². The molecule has 0 heterocycles. The van der Waals surface area contributed by atoms with Crippen LogP contribution in [0.2, 0.25) is 0 Å². The second-order valence-corrected chi connectivity index (χ2v) is 4.10. The molecule has 1 unspecified atom stereocenters. The van der Waals surface area contributed by atoms with Crippen molar-refractivity contribution in [3.8, 4) is 0 Å². The number of methoxy groups -OCH3 is 1. The van der Waals surface area contributed by atoms with E-state index in [1.54, 1.807) is 0 Å². The molecule has 0 aromatic rings. The van der Waals surface area contributed by atoms with Crippen LogP contribution in [-0.2, 0) is 14.3 Å². The smallest absolute Gasteiger partial charge is 0.309 e. The Labute approximate surface area is 85.8 Å². The summed E-state index contributed by atoms with van der Waals surface area (Å²) < 4.78 is 4.65. The average Bonchev–Trinajstić information content (AvgIpc) is 2.10. The third-order valence-electron chi connectivity index (χ3n) is 2.16. The van der Waals surface area contributed by atoms with E-state index in [4.69, 9.17) is 0 Å². The van der Waals surface area contributed by atoms with Crippen molar-refractivity contribution in [3.63, 3.8) is 0 Å². The molecule has 3 heteroatoms. The molecule has 14 heavy (non-hydrogen) atoms. The zero-order chi connectivity index (χ0) is 11.1. The summed E-state index contributed by atoms with van der Waals surface area (Å²) in [6.45, 7) is 5.70. The average molecular weight is 200 g/mol. The first-order chi connectivity index (χ1) is 6.47. The number of Topliss-reactive ketones (excluding diaryl/α,β-unsaturated/α-hetero) is 1. The Morgan fingerprint density at radius 2 is 1.79 bits per heavy atom. The number of hydrogen-bond acceptors (Lipinski definition) is 3. The van der Waals surface area contributed by atoms with Crippen LogP contribution in [0, 0.1) is 11.8 Å². The van der Waals surface area contributed by atoms with Crippen LogP contribution >= 0.6 is 0 Å². The fourth-order valence-electron chi connectivity index (χ4n) is 1.35. The van der Waals surface area contributed by atoms with Gasteiger partial charge >= 0.3 is 5.97 Å². The lowest BCUT2D eigenvalue weighted by atomic mass is 9.94. The Kier molecular flexibility index (Phi) is 6.17. The highest BCUT2D eigenvalue weighted by atomic mass is 16.5. The highest BCUT2D eigenvalue weighted by Gasteiger charge is 2.20. The van der Waals surface area contributed by atoms with Gasteiger partial charge in [-0.1, -0.05) is 20.3 Å². The summed E-state index contributed by atoms with van der Waals surface area (Å²) >= 11 is 0. The number of carbonyl (C=O) groups excluding carboxylic acids is 2. The van der Waals surface area contributed by atoms with Crippen LogP contribution in [0.3, 0.4) is 0 Å². The standard InChI is InChI=1S/C11H20O3/c1-8(2)5-6-10(7-9(3)12)11(13)14-4/h8,10H,5-7H2,1-4H3. The second-order valence-electron chi connectivity index (χ2n) is 4.10. The monoisotopic (exact) mass is 200 g/mol. The molecule has 0 spiro atoms. The Morgan fingerprint density at radius 3 is 2.14 bits per heavy atom. The van der Waals surface area contributed by atoms with E-state index >= 15 is 0 Å². The van der Waals surface area contributed by atoms with Gasteiger partial charge in [-0.2, -0.15) is 0 Å².